The van der Waals surface area contributed by atoms with Crippen molar-refractivity contribution in [1.82, 2.24) is 4.90 Å². The van der Waals surface area contributed by atoms with Crippen molar-refractivity contribution in [2.45, 2.75) is 25.8 Å². The summed E-state index contributed by atoms with van der Waals surface area (Å²) in [5, 5.41) is 0. The molecule has 1 aromatic rings. The van der Waals surface area contributed by atoms with E-state index >= 15 is 0 Å². The molecule has 23 heavy (non-hydrogen) atoms. The van der Waals surface area contributed by atoms with E-state index < -0.39 is 0 Å². The molecule has 0 saturated carbocycles. The van der Waals surface area contributed by atoms with Gasteiger partial charge in [-0.2, -0.15) is 0 Å². The van der Waals surface area contributed by atoms with Crippen molar-refractivity contribution < 1.29 is 19.0 Å². The third-order valence-electron chi connectivity index (χ3n) is 4.13. The van der Waals surface area contributed by atoms with Crippen LogP contribution >= 0.6 is 0 Å². The van der Waals surface area contributed by atoms with Crippen LogP contribution in [0.4, 0.5) is 0 Å². The lowest BCUT2D eigenvalue weighted by Crippen LogP contribution is -2.40. The van der Waals surface area contributed by atoms with Crippen molar-refractivity contribution in [2.24, 2.45) is 0 Å². The molecule has 0 N–H and O–H groups in total. The summed E-state index contributed by atoms with van der Waals surface area (Å²) in [5.41, 5.74) is 2.27. The zero-order chi connectivity index (χ0) is 16.8. The maximum Gasteiger partial charge on any atom is 0.323 e. The fraction of sp³-hybridized carbons (Fsp3) is 0.500. The molecule has 1 unspecified atom stereocenters. The normalized spacial score (nSPS) is 19.7. The lowest BCUT2D eigenvalue weighted by atomic mass is 10.0. The molecule has 0 amide bonds. The zero-order valence-electron chi connectivity index (χ0n) is 14.3. The van der Waals surface area contributed by atoms with Gasteiger partial charge in [0.05, 0.1) is 20.8 Å². The Labute approximate surface area is 137 Å². The van der Waals surface area contributed by atoms with E-state index in [4.69, 9.17) is 14.2 Å². The summed E-state index contributed by atoms with van der Waals surface area (Å²) < 4.78 is 15.9. The van der Waals surface area contributed by atoms with Crippen LogP contribution in [0.3, 0.4) is 0 Å². The number of benzene rings is 1. The minimum Gasteiger partial charge on any atom is -0.493 e. The van der Waals surface area contributed by atoms with Crippen LogP contribution in [0, 0.1) is 0 Å². The molecule has 5 heteroatoms. The van der Waals surface area contributed by atoms with Crippen LogP contribution in [0.1, 0.15) is 24.5 Å². The van der Waals surface area contributed by atoms with Crippen molar-refractivity contribution >= 4 is 12.0 Å². The Hall–Kier alpha value is -2.01. The number of fused-ring (bicyclic) bond motifs is 1. The highest BCUT2D eigenvalue weighted by atomic mass is 16.5. The first-order chi connectivity index (χ1) is 11.1. The van der Waals surface area contributed by atoms with E-state index in [1.54, 1.807) is 14.2 Å². The maximum atomic E-state index is 12.1. The van der Waals surface area contributed by atoms with Crippen LogP contribution < -0.4 is 9.47 Å². The van der Waals surface area contributed by atoms with E-state index in [0.717, 1.165) is 24.3 Å². The second-order valence-electron chi connectivity index (χ2n) is 5.54. The van der Waals surface area contributed by atoms with Gasteiger partial charge in [-0.05, 0) is 50.1 Å². The summed E-state index contributed by atoms with van der Waals surface area (Å²) >= 11 is 0. The summed E-state index contributed by atoms with van der Waals surface area (Å²) in [6.07, 6.45) is 5.52. The van der Waals surface area contributed by atoms with Crippen LogP contribution in [-0.4, -0.2) is 51.3 Å². The van der Waals surface area contributed by atoms with Crippen LogP contribution in [0.15, 0.2) is 18.2 Å². The van der Waals surface area contributed by atoms with Gasteiger partial charge in [0.25, 0.3) is 0 Å². The maximum absolute atomic E-state index is 12.1. The summed E-state index contributed by atoms with van der Waals surface area (Å²) in [4.78, 5) is 14.2. The smallest absolute Gasteiger partial charge is 0.323 e. The Morgan fingerprint density at radius 2 is 1.96 bits per heavy atom. The average molecular weight is 319 g/mol. The molecule has 0 fully saturated rings. The fourth-order valence-electron chi connectivity index (χ4n) is 2.78. The molecule has 126 valence electrons. The van der Waals surface area contributed by atoms with Crippen molar-refractivity contribution in [2.75, 3.05) is 34.4 Å². The molecule has 0 spiro atoms. The summed E-state index contributed by atoms with van der Waals surface area (Å²) in [6.45, 7) is 3.01. The lowest BCUT2D eigenvalue weighted by Gasteiger charge is -2.25. The third-order valence-corrected chi connectivity index (χ3v) is 4.13. The number of esters is 1. The van der Waals surface area contributed by atoms with Gasteiger partial charge in [-0.3, -0.25) is 9.69 Å². The molecule has 2 rings (SSSR count). The first-order valence-electron chi connectivity index (χ1n) is 7.89. The van der Waals surface area contributed by atoms with Crippen molar-refractivity contribution in [1.29, 1.82) is 0 Å². The van der Waals surface area contributed by atoms with Gasteiger partial charge in [0.15, 0.2) is 11.5 Å². The second-order valence-corrected chi connectivity index (χ2v) is 5.54. The molecule has 0 aromatic heterocycles. The molecule has 0 aliphatic carbocycles. The van der Waals surface area contributed by atoms with Gasteiger partial charge in [0.1, 0.15) is 6.04 Å². The molecule has 1 aromatic carbocycles. The van der Waals surface area contributed by atoms with E-state index in [-0.39, 0.29) is 12.0 Å². The number of rotatable bonds is 4. The number of nitrogens with zero attached hydrogens (tertiary/aromatic N) is 1. The Kier molecular flexibility index (Phi) is 6.04. The third kappa shape index (κ3) is 4.05. The highest BCUT2D eigenvalue weighted by Crippen LogP contribution is 2.32. The van der Waals surface area contributed by atoms with Crippen LogP contribution in [0.2, 0.25) is 0 Å². The Balaban J connectivity index is 2.29. The molecule has 0 radical (unpaired) electrons. The quantitative estimate of drug-likeness (QED) is 0.798. The van der Waals surface area contributed by atoms with Gasteiger partial charge in [-0.1, -0.05) is 12.2 Å². The van der Waals surface area contributed by atoms with Crippen LogP contribution in [-0.2, 0) is 16.0 Å². The molecular weight excluding hydrogens is 294 g/mol. The van der Waals surface area contributed by atoms with Crippen molar-refractivity contribution in [3.63, 3.8) is 0 Å². The first kappa shape index (κ1) is 17.3. The molecule has 1 aliphatic heterocycles. The molecule has 0 saturated heterocycles. The molecule has 1 atom stereocenters. The van der Waals surface area contributed by atoms with Crippen molar-refractivity contribution in [3.05, 3.63) is 29.3 Å². The first-order valence-corrected chi connectivity index (χ1v) is 7.89. The second kappa shape index (κ2) is 8.02. The predicted molar refractivity (Wildman–Crippen MR) is 90.0 cm³/mol. The van der Waals surface area contributed by atoms with Crippen molar-refractivity contribution in [3.8, 4) is 11.5 Å². The molecular formula is C18H25NO4. The average Bonchev–Trinajstić information content (AvgIpc) is 2.63. The topological polar surface area (TPSA) is 48.0 Å². The minimum absolute atomic E-state index is 0.166. The SMILES string of the molecule is CCOC(=O)C1C/C=C\c2cc(OC)c(OC)cc2CCN1C. The minimum atomic E-state index is -0.246. The highest BCUT2D eigenvalue weighted by Gasteiger charge is 2.24. The standard InChI is InChI=1S/C18H25NO4/c1-5-23-18(20)15-8-6-7-13-11-16(21-3)17(22-4)12-14(13)9-10-19(15)2/h6-7,11-12,15H,5,8-10H2,1-4H3/b7-6-. The summed E-state index contributed by atoms with van der Waals surface area (Å²) in [6, 6.07) is 3.75. The zero-order valence-corrected chi connectivity index (χ0v) is 14.3. The van der Waals surface area contributed by atoms with Gasteiger partial charge >= 0.3 is 5.97 Å². The number of carbonyl (C=O) groups is 1. The van der Waals surface area contributed by atoms with Gasteiger partial charge in [0, 0.05) is 6.54 Å². The van der Waals surface area contributed by atoms with E-state index in [1.807, 2.05) is 43.2 Å². The number of carbonyl (C=O) groups excluding carboxylic acids is 1. The molecule has 1 heterocycles. The van der Waals surface area contributed by atoms with Crippen LogP contribution in [0.25, 0.3) is 6.08 Å². The van der Waals surface area contributed by atoms with Gasteiger partial charge < -0.3 is 14.2 Å². The van der Waals surface area contributed by atoms with E-state index in [1.165, 1.54) is 5.56 Å². The predicted octanol–water partition coefficient (Wildman–Crippen LogP) is 2.53. The molecule has 5 nitrogen and oxygen atoms in total. The Bertz CT molecular complexity index is 583. The largest absolute Gasteiger partial charge is 0.493 e. The van der Waals surface area contributed by atoms with E-state index in [2.05, 4.69) is 0 Å². The van der Waals surface area contributed by atoms with E-state index in [0.29, 0.717) is 18.8 Å². The number of methoxy groups -OCH3 is 2. The number of hydrogen-bond acceptors (Lipinski definition) is 5. The van der Waals surface area contributed by atoms with Gasteiger partial charge in [-0.15, -0.1) is 0 Å². The lowest BCUT2D eigenvalue weighted by molar-refractivity contribution is -0.148. The van der Waals surface area contributed by atoms with Crippen LogP contribution in [0.5, 0.6) is 11.5 Å². The highest BCUT2D eigenvalue weighted by molar-refractivity contribution is 5.76. The molecule has 0 bridgehead atoms. The fourth-order valence-corrected chi connectivity index (χ4v) is 2.78. The number of ether oxygens (including phenoxy) is 3. The van der Waals surface area contributed by atoms with Gasteiger partial charge in [0.2, 0.25) is 0 Å². The summed E-state index contributed by atoms with van der Waals surface area (Å²) in [7, 11) is 5.23. The summed E-state index contributed by atoms with van der Waals surface area (Å²) in [5.74, 6) is 1.27. The molecule has 1 aliphatic rings. The van der Waals surface area contributed by atoms with Gasteiger partial charge in [-0.25, -0.2) is 0 Å². The Morgan fingerprint density at radius 1 is 1.26 bits per heavy atom. The monoisotopic (exact) mass is 319 g/mol. The number of hydrogen-bond donors (Lipinski definition) is 0. The number of likely N-dealkylation sites (N-methyl/N-ethyl adjacent to an activating group) is 1. The van der Waals surface area contributed by atoms with E-state index in [9.17, 15) is 4.79 Å². The Morgan fingerprint density at radius 3 is 2.61 bits per heavy atom.